The van der Waals surface area contributed by atoms with Gasteiger partial charge in [0.1, 0.15) is 6.04 Å². The fourth-order valence-electron chi connectivity index (χ4n) is 3.49. The molecule has 2 aromatic rings. The molecule has 1 saturated heterocycles. The van der Waals surface area contributed by atoms with Gasteiger partial charge < -0.3 is 10.1 Å². The van der Waals surface area contributed by atoms with Gasteiger partial charge in [-0.1, -0.05) is 54.6 Å². The number of amides is 1. The Balaban J connectivity index is 1.68. The minimum atomic E-state index is -3.54. The molecule has 1 heterocycles. The van der Waals surface area contributed by atoms with Gasteiger partial charge in [0.15, 0.2) is 0 Å². The lowest BCUT2D eigenvalue weighted by Gasteiger charge is -2.27. The van der Waals surface area contributed by atoms with Crippen molar-refractivity contribution in [2.75, 3.05) is 39.6 Å². The first-order valence-electron chi connectivity index (χ1n) is 9.98. The average molecular weight is 432 g/mol. The first-order chi connectivity index (χ1) is 14.3. The van der Waals surface area contributed by atoms with Crippen molar-refractivity contribution >= 4 is 15.9 Å². The molecular formula is C22H29N3O4S. The Morgan fingerprint density at radius 3 is 2.43 bits per heavy atom. The molecule has 1 unspecified atom stereocenters. The molecule has 1 N–H and O–H groups in total. The molecule has 1 amide bonds. The van der Waals surface area contributed by atoms with Crippen LogP contribution in [0, 0.1) is 0 Å². The number of likely N-dealkylation sites (N-methyl/N-ethyl adjacent to an activating group) is 1. The highest BCUT2D eigenvalue weighted by molar-refractivity contribution is 7.88. The fraction of sp³-hybridized carbons (Fsp3) is 0.409. The molecule has 1 aliphatic rings. The summed E-state index contributed by atoms with van der Waals surface area (Å²) in [4.78, 5) is 15.3. The van der Waals surface area contributed by atoms with E-state index < -0.39 is 16.1 Å². The summed E-state index contributed by atoms with van der Waals surface area (Å²) in [6, 6.07) is 16.1. The maximum absolute atomic E-state index is 13.0. The van der Waals surface area contributed by atoms with E-state index in [1.54, 1.807) is 24.3 Å². The maximum Gasteiger partial charge on any atom is 0.243 e. The van der Waals surface area contributed by atoms with Crippen molar-refractivity contribution in [3.63, 3.8) is 0 Å². The van der Waals surface area contributed by atoms with Crippen LogP contribution in [0.4, 0.5) is 0 Å². The summed E-state index contributed by atoms with van der Waals surface area (Å²) in [5.41, 5.74) is 2.78. The number of hydrogen-bond acceptors (Lipinski definition) is 5. The molecule has 8 heteroatoms. The van der Waals surface area contributed by atoms with Crippen LogP contribution in [-0.2, 0) is 32.6 Å². The molecule has 1 atom stereocenters. The Hall–Kier alpha value is -2.26. The first kappa shape index (κ1) is 22.4. The van der Waals surface area contributed by atoms with Gasteiger partial charge in [-0.05, 0) is 16.7 Å². The smallest absolute Gasteiger partial charge is 0.243 e. The predicted molar refractivity (Wildman–Crippen MR) is 116 cm³/mol. The lowest BCUT2D eigenvalue weighted by molar-refractivity contribution is -0.124. The van der Waals surface area contributed by atoms with E-state index in [0.717, 1.165) is 49.0 Å². The van der Waals surface area contributed by atoms with Gasteiger partial charge in [0.2, 0.25) is 15.9 Å². The zero-order chi connectivity index (χ0) is 21.6. The Labute approximate surface area is 178 Å². The van der Waals surface area contributed by atoms with Gasteiger partial charge in [0.05, 0.1) is 19.5 Å². The first-order valence-corrected chi connectivity index (χ1v) is 11.8. The number of sulfonamides is 1. The molecule has 0 bridgehead atoms. The number of morpholine rings is 1. The zero-order valence-corrected chi connectivity index (χ0v) is 18.3. The van der Waals surface area contributed by atoms with Gasteiger partial charge >= 0.3 is 0 Å². The molecule has 0 radical (unpaired) electrons. The van der Waals surface area contributed by atoms with Crippen LogP contribution in [0.1, 0.15) is 22.7 Å². The number of nitrogens with zero attached hydrogens (tertiary/aromatic N) is 2. The monoisotopic (exact) mass is 431 g/mol. The summed E-state index contributed by atoms with van der Waals surface area (Å²) in [5.74, 6) is -0.354. The SMILES string of the molecule is CN(C(C(=O)NCc1cccc(CN2CCOCC2)c1)c1ccccc1)S(C)(=O)=O. The van der Waals surface area contributed by atoms with Crippen LogP contribution in [0.25, 0.3) is 0 Å². The summed E-state index contributed by atoms with van der Waals surface area (Å²) in [6.45, 7) is 4.51. The summed E-state index contributed by atoms with van der Waals surface area (Å²) in [5, 5.41) is 2.90. The van der Waals surface area contributed by atoms with Crippen LogP contribution in [-0.4, -0.2) is 63.1 Å². The highest BCUT2D eigenvalue weighted by Crippen LogP contribution is 2.22. The number of rotatable bonds is 8. The van der Waals surface area contributed by atoms with Crippen LogP contribution in [0.2, 0.25) is 0 Å². The highest BCUT2D eigenvalue weighted by atomic mass is 32.2. The quantitative estimate of drug-likeness (QED) is 0.689. The molecule has 1 fully saturated rings. The minimum absolute atomic E-state index is 0.330. The van der Waals surface area contributed by atoms with Gasteiger partial charge in [-0.15, -0.1) is 0 Å². The van der Waals surface area contributed by atoms with Crippen molar-refractivity contribution in [3.8, 4) is 0 Å². The second kappa shape index (κ2) is 10.2. The van der Waals surface area contributed by atoms with Gasteiger partial charge in [-0.2, -0.15) is 4.31 Å². The maximum atomic E-state index is 13.0. The van der Waals surface area contributed by atoms with Crippen LogP contribution in [0.15, 0.2) is 54.6 Å². The van der Waals surface area contributed by atoms with E-state index >= 15 is 0 Å². The van der Waals surface area contributed by atoms with Crippen molar-refractivity contribution < 1.29 is 17.9 Å². The number of carbonyl (C=O) groups is 1. The standard InChI is InChI=1S/C22H29N3O4S/c1-24(30(2,27)28)21(20-9-4-3-5-10-20)22(26)23-16-18-7-6-8-19(15-18)17-25-11-13-29-14-12-25/h3-10,15,21H,11-14,16-17H2,1-2H3,(H,23,26). The molecule has 162 valence electrons. The van der Waals surface area contributed by atoms with E-state index in [1.807, 2.05) is 18.2 Å². The van der Waals surface area contributed by atoms with Gasteiger partial charge in [-0.25, -0.2) is 8.42 Å². The number of benzene rings is 2. The van der Waals surface area contributed by atoms with Gasteiger partial charge in [0.25, 0.3) is 0 Å². The van der Waals surface area contributed by atoms with Gasteiger partial charge in [0, 0.05) is 33.2 Å². The van der Waals surface area contributed by atoms with Crippen LogP contribution < -0.4 is 5.32 Å². The molecule has 0 aromatic heterocycles. The van der Waals surface area contributed by atoms with E-state index in [4.69, 9.17) is 4.74 Å². The van der Waals surface area contributed by atoms with E-state index in [-0.39, 0.29) is 5.91 Å². The number of nitrogens with one attached hydrogen (secondary N) is 1. The lowest BCUT2D eigenvalue weighted by Crippen LogP contribution is -2.41. The van der Waals surface area contributed by atoms with E-state index in [9.17, 15) is 13.2 Å². The summed E-state index contributed by atoms with van der Waals surface area (Å²) in [7, 11) is -2.12. The summed E-state index contributed by atoms with van der Waals surface area (Å²) >= 11 is 0. The Morgan fingerprint density at radius 1 is 1.10 bits per heavy atom. The Morgan fingerprint density at radius 2 is 1.77 bits per heavy atom. The normalized spacial score (nSPS) is 16.4. The van der Waals surface area contributed by atoms with Crippen LogP contribution >= 0.6 is 0 Å². The summed E-state index contributed by atoms with van der Waals surface area (Å²) in [6.07, 6.45) is 1.10. The predicted octanol–water partition coefficient (Wildman–Crippen LogP) is 1.77. The largest absolute Gasteiger partial charge is 0.379 e. The highest BCUT2D eigenvalue weighted by Gasteiger charge is 2.30. The Bertz CT molecular complexity index is 944. The van der Waals surface area contributed by atoms with Crippen molar-refractivity contribution in [1.29, 1.82) is 0 Å². The molecule has 0 aliphatic carbocycles. The molecule has 30 heavy (non-hydrogen) atoms. The molecule has 3 rings (SSSR count). The molecule has 1 aliphatic heterocycles. The van der Waals surface area contributed by atoms with Crippen LogP contribution in [0.3, 0.4) is 0 Å². The molecular weight excluding hydrogens is 402 g/mol. The third-order valence-corrected chi connectivity index (χ3v) is 6.48. The van der Waals surface area contributed by atoms with E-state index in [2.05, 4.69) is 22.3 Å². The third kappa shape index (κ3) is 6.12. The van der Waals surface area contributed by atoms with E-state index in [0.29, 0.717) is 12.1 Å². The van der Waals surface area contributed by atoms with Crippen molar-refractivity contribution in [2.45, 2.75) is 19.1 Å². The van der Waals surface area contributed by atoms with Gasteiger partial charge in [-0.3, -0.25) is 9.69 Å². The molecule has 2 aromatic carbocycles. The topological polar surface area (TPSA) is 79.0 Å². The minimum Gasteiger partial charge on any atom is -0.379 e. The molecule has 0 saturated carbocycles. The van der Waals surface area contributed by atoms with Crippen molar-refractivity contribution in [1.82, 2.24) is 14.5 Å². The van der Waals surface area contributed by atoms with Crippen LogP contribution in [0.5, 0.6) is 0 Å². The second-order valence-corrected chi connectivity index (χ2v) is 9.56. The lowest BCUT2D eigenvalue weighted by atomic mass is 10.1. The Kier molecular flexibility index (Phi) is 7.60. The molecule has 0 spiro atoms. The second-order valence-electron chi connectivity index (χ2n) is 7.52. The van der Waals surface area contributed by atoms with Crippen molar-refractivity contribution in [3.05, 3.63) is 71.3 Å². The summed E-state index contributed by atoms with van der Waals surface area (Å²) < 4.78 is 30.7. The fourth-order valence-corrected chi connectivity index (χ4v) is 4.09. The van der Waals surface area contributed by atoms with Crippen molar-refractivity contribution in [2.24, 2.45) is 0 Å². The zero-order valence-electron chi connectivity index (χ0n) is 17.5. The average Bonchev–Trinajstić information content (AvgIpc) is 2.73. The number of carbonyl (C=O) groups excluding carboxylic acids is 1. The number of hydrogen-bond donors (Lipinski definition) is 1. The van der Waals surface area contributed by atoms with E-state index in [1.165, 1.54) is 12.6 Å². The third-order valence-electron chi connectivity index (χ3n) is 5.22. The number of ether oxygens (including phenoxy) is 1. The molecule has 7 nitrogen and oxygen atoms in total.